The SMILES string of the molecule is CCCCCCCCCCCCCCCCO[C@@]1(n2cnc3c(=O)[nH]c(N)nc32)O[C@H](CO)[C@@H](O)[C@H]1O. The first-order valence-electron chi connectivity index (χ1n) is 14.0. The van der Waals surface area contributed by atoms with E-state index >= 15 is 0 Å². The molecule has 3 heterocycles. The molecule has 1 aliphatic rings. The Morgan fingerprint density at radius 2 is 1.59 bits per heavy atom. The number of aromatic amines is 1. The van der Waals surface area contributed by atoms with E-state index in [4.69, 9.17) is 15.2 Å². The Kier molecular flexibility index (Phi) is 11.8. The van der Waals surface area contributed by atoms with Gasteiger partial charge in [-0.15, -0.1) is 0 Å². The number of hydrogen-bond donors (Lipinski definition) is 5. The van der Waals surface area contributed by atoms with Gasteiger partial charge in [0.25, 0.3) is 11.5 Å². The Bertz CT molecular complexity index is 997. The molecule has 6 N–H and O–H groups in total. The van der Waals surface area contributed by atoms with E-state index in [1.165, 1.54) is 81.5 Å². The van der Waals surface area contributed by atoms with Crippen LogP contribution in [0.15, 0.2) is 11.1 Å². The highest BCUT2D eigenvalue weighted by atomic mass is 16.7. The average Bonchev–Trinajstić information content (AvgIpc) is 3.41. The summed E-state index contributed by atoms with van der Waals surface area (Å²) in [7, 11) is 0. The molecule has 3 rings (SSSR count). The summed E-state index contributed by atoms with van der Waals surface area (Å²) in [4.78, 5) is 22.8. The number of rotatable bonds is 18. The van der Waals surface area contributed by atoms with Crippen LogP contribution in [0.3, 0.4) is 0 Å². The summed E-state index contributed by atoms with van der Waals surface area (Å²) >= 11 is 0. The van der Waals surface area contributed by atoms with Gasteiger partial charge in [0.05, 0.1) is 13.2 Å². The van der Waals surface area contributed by atoms with Gasteiger partial charge in [-0.1, -0.05) is 90.4 Å². The number of fused-ring (bicyclic) bond motifs is 1. The fraction of sp³-hybridized carbons (Fsp3) is 0.808. The number of hydrogen-bond acceptors (Lipinski definition) is 9. The molecule has 0 aliphatic carbocycles. The topological polar surface area (TPSA) is 169 Å². The van der Waals surface area contributed by atoms with Crippen LogP contribution in [-0.4, -0.2) is 66.4 Å². The van der Waals surface area contributed by atoms with Gasteiger partial charge in [-0.05, 0) is 6.42 Å². The van der Waals surface area contributed by atoms with Crippen molar-refractivity contribution < 1.29 is 24.8 Å². The van der Waals surface area contributed by atoms with Crippen molar-refractivity contribution in [2.24, 2.45) is 0 Å². The summed E-state index contributed by atoms with van der Waals surface area (Å²) in [5.41, 5.74) is 5.20. The number of aromatic nitrogens is 4. The molecule has 2 aromatic heterocycles. The van der Waals surface area contributed by atoms with Gasteiger partial charge < -0.3 is 30.5 Å². The number of anilines is 1. The van der Waals surface area contributed by atoms with Crippen LogP contribution in [0.2, 0.25) is 0 Å². The molecule has 0 radical (unpaired) electrons. The number of unbranched alkanes of at least 4 members (excludes halogenated alkanes) is 13. The average molecular weight is 524 g/mol. The summed E-state index contributed by atoms with van der Waals surface area (Å²) in [5.74, 6) is -2.03. The molecular weight excluding hydrogens is 478 g/mol. The summed E-state index contributed by atoms with van der Waals surface area (Å²) in [5, 5.41) is 30.9. The number of aliphatic hydroxyl groups excluding tert-OH is 3. The standard InChI is InChI=1S/C26H45N5O6/c1-2-3-4-5-6-7-8-9-10-11-12-13-14-15-16-36-26(22(34)21(33)19(17-32)37-26)31-18-28-20-23(31)29-25(27)30-24(20)35/h18-19,21-22,32-34H,2-17H2,1H3,(H3,27,29,30,35)/t19-,21-,22-,26-/m1/s1. The molecule has 1 aliphatic heterocycles. The third kappa shape index (κ3) is 7.51. The van der Waals surface area contributed by atoms with Gasteiger partial charge in [0.2, 0.25) is 5.95 Å². The lowest BCUT2D eigenvalue weighted by Gasteiger charge is -2.33. The minimum Gasteiger partial charge on any atom is -0.394 e. The zero-order chi connectivity index (χ0) is 26.7. The van der Waals surface area contributed by atoms with Crippen LogP contribution in [0.1, 0.15) is 96.8 Å². The number of nitrogens with two attached hydrogens (primary N) is 1. The van der Waals surface area contributed by atoms with E-state index in [2.05, 4.69) is 21.9 Å². The van der Waals surface area contributed by atoms with Crippen molar-refractivity contribution in [1.29, 1.82) is 0 Å². The molecule has 11 nitrogen and oxygen atoms in total. The van der Waals surface area contributed by atoms with Gasteiger partial charge in [0, 0.05) is 0 Å². The third-order valence-corrected chi connectivity index (χ3v) is 7.15. The first-order valence-corrected chi connectivity index (χ1v) is 14.0. The minimum absolute atomic E-state index is 0.00796. The van der Waals surface area contributed by atoms with E-state index < -0.39 is 36.4 Å². The highest BCUT2D eigenvalue weighted by molar-refractivity contribution is 5.70. The van der Waals surface area contributed by atoms with E-state index in [9.17, 15) is 20.1 Å². The van der Waals surface area contributed by atoms with Gasteiger partial charge in [-0.2, -0.15) is 4.98 Å². The van der Waals surface area contributed by atoms with E-state index in [-0.39, 0.29) is 23.7 Å². The highest BCUT2D eigenvalue weighted by Crippen LogP contribution is 2.38. The number of ether oxygens (including phenoxy) is 2. The molecule has 11 heteroatoms. The van der Waals surface area contributed by atoms with Crippen LogP contribution < -0.4 is 11.3 Å². The second kappa shape index (κ2) is 14.8. The number of H-pyrrole nitrogens is 1. The molecule has 1 fully saturated rings. The zero-order valence-electron chi connectivity index (χ0n) is 22.1. The maximum Gasteiger partial charge on any atom is 0.288 e. The number of nitrogen functional groups attached to an aromatic ring is 1. The molecule has 0 aromatic carbocycles. The van der Waals surface area contributed by atoms with Crippen LogP contribution in [0.25, 0.3) is 11.2 Å². The molecule has 0 unspecified atom stereocenters. The Labute approximate surface area is 218 Å². The maximum absolute atomic E-state index is 12.2. The lowest BCUT2D eigenvalue weighted by molar-refractivity contribution is -0.314. The van der Waals surface area contributed by atoms with Crippen LogP contribution in [-0.2, 0) is 15.4 Å². The van der Waals surface area contributed by atoms with E-state index in [1.54, 1.807) is 0 Å². The number of imidazole rings is 1. The molecule has 2 aromatic rings. The fourth-order valence-corrected chi connectivity index (χ4v) is 4.98. The number of nitrogens with zero attached hydrogens (tertiary/aromatic N) is 3. The second-order valence-corrected chi connectivity index (χ2v) is 10.1. The van der Waals surface area contributed by atoms with Crippen molar-refractivity contribution in [3.63, 3.8) is 0 Å². The smallest absolute Gasteiger partial charge is 0.288 e. The lowest BCUT2D eigenvalue weighted by Crippen LogP contribution is -2.48. The lowest BCUT2D eigenvalue weighted by atomic mass is 10.0. The molecule has 0 saturated carbocycles. The van der Waals surface area contributed by atoms with Crippen molar-refractivity contribution in [1.82, 2.24) is 19.5 Å². The molecule has 1 saturated heterocycles. The van der Waals surface area contributed by atoms with Gasteiger partial charge in [0.1, 0.15) is 18.5 Å². The van der Waals surface area contributed by atoms with Gasteiger partial charge in [-0.25, -0.2) is 4.98 Å². The van der Waals surface area contributed by atoms with E-state index in [0.717, 1.165) is 19.3 Å². The summed E-state index contributed by atoms with van der Waals surface area (Å²) < 4.78 is 13.1. The van der Waals surface area contributed by atoms with Crippen molar-refractivity contribution in [3.05, 3.63) is 16.7 Å². The summed E-state index contributed by atoms with van der Waals surface area (Å²) in [6, 6.07) is 0. The normalized spacial score (nSPS) is 23.8. The first-order chi connectivity index (χ1) is 17.9. The number of aliphatic hydroxyl groups is 3. The van der Waals surface area contributed by atoms with Crippen LogP contribution in [0, 0.1) is 0 Å². The number of nitrogens with one attached hydrogen (secondary N) is 1. The first kappa shape index (κ1) is 29.5. The van der Waals surface area contributed by atoms with Gasteiger partial charge >= 0.3 is 0 Å². The molecule has 0 bridgehead atoms. The van der Waals surface area contributed by atoms with Crippen molar-refractivity contribution >= 4 is 17.1 Å². The van der Waals surface area contributed by atoms with Crippen LogP contribution in [0.5, 0.6) is 0 Å². The predicted molar refractivity (Wildman–Crippen MR) is 141 cm³/mol. The molecule has 210 valence electrons. The summed E-state index contributed by atoms with van der Waals surface area (Å²) in [6.07, 6.45) is 14.4. The van der Waals surface area contributed by atoms with Gasteiger partial charge in [-0.3, -0.25) is 14.3 Å². The van der Waals surface area contributed by atoms with E-state index in [0.29, 0.717) is 0 Å². The molecule has 37 heavy (non-hydrogen) atoms. The summed E-state index contributed by atoms with van der Waals surface area (Å²) in [6.45, 7) is 1.96. The van der Waals surface area contributed by atoms with Gasteiger partial charge in [0.15, 0.2) is 17.3 Å². The largest absolute Gasteiger partial charge is 0.394 e. The van der Waals surface area contributed by atoms with Crippen molar-refractivity contribution in [2.45, 2.75) is 121 Å². The fourth-order valence-electron chi connectivity index (χ4n) is 4.98. The van der Waals surface area contributed by atoms with Crippen LogP contribution in [0.4, 0.5) is 5.95 Å². The highest BCUT2D eigenvalue weighted by Gasteiger charge is 2.57. The Hall–Kier alpha value is -2.05. The second-order valence-electron chi connectivity index (χ2n) is 10.1. The molecule has 0 amide bonds. The minimum atomic E-state index is -1.90. The molecule has 0 spiro atoms. The third-order valence-electron chi connectivity index (χ3n) is 7.15. The Balaban J connectivity index is 1.45. The zero-order valence-corrected chi connectivity index (χ0v) is 22.1. The quantitative estimate of drug-likeness (QED) is 0.184. The molecular formula is C26H45N5O6. The van der Waals surface area contributed by atoms with Crippen LogP contribution >= 0.6 is 0 Å². The monoisotopic (exact) mass is 523 g/mol. The Morgan fingerprint density at radius 1 is 1.03 bits per heavy atom. The molecule has 4 atom stereocenters. The van der Waals surface area contributed by atoms with Crippen molar-refractivity contribution in [3.8, 4) is 0 Å². The Morgan fingerprint density at radius 3 is 2.14 bits per heavy atom. The predicted octanol–water partition coefficient (Wildman–Crippen LogP) is 2.92. The van der Waals surface area contributed by atoms with E-state index in [1.807, 2.05) is 0 Å². The maximum atomic E-state index is 12.2. The van der Waals surface area contributed by atoms with Crippen molar-refractivity contribution in [2.75, 3.05) is 18.9 Å².